The van der Waals surface area contributed by atoms with Crippen molar-refractivity contribution in [1.29, 1.82) is 0 Å². The van der Waals surface area contributed by atoms with Crippen molar-refractivity contribution in [3.8, 4) is 0 Å². The number of halogens is 1. The summed E-state index contributed by atoms with van der Waals surface area (Å²) >= 11 is 7.12. The van der Waals surface area contributed by atoms with Crippen molar-refractivity contribution < 1.29 is 4.74 Å². The maximum atomic E-state index is 5.63. The van der Waals surface area contributed by atoms with Crippen LogP contribution in [0.5, 0.6) is 0 Å². The third-order valence-electron chi connectivity index (χ3n) is 1.10. The van der Waals surface area contributed by atoms with Crippen LogP contribution in [0.2, 0.25) is 4.34 Å². The molecule has 0 N–H and O–H groups in total. The summed E-state index contributed by atoms with van der Waals surface area (Å²) in [6.07, 6.45) is 1.91. The van der Waals surface area contributed by atoms with E-state index in [-0.39, 0.29) is 6.10 Å². The van der Waals surface area contributed by atoms with Crippen LogP contribution in [0.15, 0.2) is 6.20 Å². The van der Waals surface area contributed by atoms with Gasteiger partial charge in [-0.1, -0.05) is 11.6 Å². The average molecular weight is 162 g/mol. The number of epoxide rings is 1. The summed E-state index contributed by atoms with van der Waals surface area (Å²) in [5, 5.41) is 1.00. The Morgan fingerprint density at radius 3 is 3.11 bits per heavy atom. The molecule has 1 aliphatic heterocycles. The molecule has 0 aliphatic carbocycles. The highest BCUT2D eigenvalue weighted by molar-refractivity contribution is 7.15. The first-order chi connectivity index (χ1) is 4.36. The second-order valence-corrected chi connectivity index (χ2v) is 3.52. The molecule has 0 amide bonds. The molecule has 48 valence electrons. The minimum Gasteiger partial charge on any atom is -0.365 e. The van der Waals surface area contributed by atoms with Crippen molar-refractivity contribution >= 4 is 22.9 Å². The van der Waals surface area contributed by atoms with Gasteiger partial charge in [0.1, 0.15) is 15.4 Å². The van der Waals surface area contributed by atoms with Gasteiger partial charge in [0.25, 0.3) is 0 Å². The summed E-state index contributed by atoms with van der Waals surface area (Å²) < 4.78 is 5.73. The average Bonchev–Trinajstić information content (AvgIpc) is 2.58. The van der Waals surface area contributed by atoms with Gasteiger partial charge in [0, 0.05) is 0 Å². The van der Waals surface area contributed by atoms with Crippen LogP contribution in [-0.4, -0.2) is 11.6 Å². The Bertz CT molecular complexity index is 220. The maximum absolute atomic E-state index is 5.63. The smallest absolute Gasteiger partial charge is 0.132 e. The van der Waals surface area contributed by atoms with E-state index in [0.717, 1.165) is 16.0 Å². The van der Waals surface area contributed by atoms with Crippen LogP contribution in [0.1, 0.15) is 11.1 Å². The molecule has 4 heteroatoms. The van der Waals surface area contributed by atoms with Crippen LogP contribution < -0.4 is 0 Å². The Kier molecular flexibility index (Phi) is 1.22. The molecule has 1 aromatic rings. The molecule has 1 unspecified atom stereocenters. The van der Waals surface area contributed by atoms with E-state index in [4.69, 9.17) is 16.3 Å². The molecule has 0 radical (unpaired) electrons. The molecule has 1 saturated heterocycles. The predicted molar refractivity (Wildman–Crippen MR) is 35.8 cm³/mol. The van der Waals surface area contributed by atoms with Gasteiger partial charge in [0.05, 0.1) is 12.8 Å². The van der Waals surface area contributed by atoms with E-state index in [1.54, 1.807) is 6.20 Å². The summed E-state index contributed by atoms with van der Waals surface area (Å²) in [5.41, 5.74) is 0. The van der Waals surface area contributed by atoms with E-state index in [2.05, 4.69) is 4.98 Å². The maximum Gasteiger partial charge on any atom is 0.132 e. The predicted octanol–water partition coefficient (Wildman–Crippen LogP) is 1.87. The number of thiazole rings is 1. The zero-order chi connectivity index (χ0) is 6.27. The molecule has 1 fully saturated rings. The van der Waals surface area contributed by atoms with Gasteiger partial charge in [-0.3, -0.25) is 0 Å². The van der Waals surface area contributed by atoms with Gasteiger partial charge in [0.2, 0.25) is 0 Å². The Hall–Kier alpha value is -0.120. The number of ether oxygens (including phenoxy) is 1. The second kappa shape index (κ2) is 1.94. The first-order valence-electron chi connectivity index (χ1n) is 2.59. The monoisotopic (exact) mass is 161 g/mol. The fourth-order valence-electron chi connectivity index (χ4n) is 0.607. The Labute approximate surface area is 61.4 Å². The zero-order valence-corrected chi connectivity index (χ0v) is 6.08. The molecule has 9 heavy (non-hydrogen) atoms. The lowest BCUT2D eigenvalue weighted by Crippen LogP contribution is -1.72. The van der Waals surface area contributed by atoms with Crippen molar-refractivity contribution in [2.24, 2.45) is 0 Å². The van der Waals surface area contributed by atoms with Crippen molar-refractivity contribution in [3.05, 3.63) is 15.5 Å². The van der Waals surface area contributed by atoms with Crippen molar-refractivity contribution in [2.45, 2.75) is 6.10 Å². The molecule has 2 heterocycles. The minimum atomic E-state index is 0.252. The van der Waals surface area contributed by atoms with Crippen LogP contribution in [0.25, 0.3) is 0 Å². The molecular weight excluding hydrogens is 158 g/mol. The minimum absolute atomic E-state index is 0.252. The number of aromatic nitrogens is 1. The number of hydrogen-bond acceptors (Lipinski definition) is 3. The number of rotatable bonds is 1. The highest BCUT2D eigenvalue weighted by Crippen LogP contribution is 2.33. The van der Waals surface area contributed by atoms with Gasteiger partial charge in [-0.25, -0.2) is 4.98 Å². The number of hydrogen-bond donors (Lipinski definition) is 0. The summed E-state index contributed by atoms with van der Waals surface area (Å²) in [7, 11) is 0. The van der Waals surface area contributed by atoms with Crippen molar-refractivity contribution in [1.82, 2.24) is 4.98 Å². The molecule has 1 aliphatic rings. The molecule has 0 bridgehead atoms. The fourth-order valence-corrected chi connectivity index (χ4v) is 1.57. The van der Waals surface area contributed by atoms with E-state index in [1.165, 1.54) is 11.3 Å². The summed E-state index contributed by atoms with van der Waals surface area (Å²) in [4.78, 5) is 4.04. The van der Waals surface area contributed by atoms with E-state index in [0.29, 0.717) is 0 Å². The van der Waals surface area contributed by atoms with Gasteiger partial charge in [-0.05, 0) is 0 Å². The van der Waals surface area contributed by atoms with Crippen LogP contribution >= 0.6 is 22.9 Å². The summed E-state index contributed by atoms with van der Waals surface area (Å²) in [6, 6.07) is 0. The quantitative estimate of drug-likeness (QED) is 0.588. The van der Waals surface area contributed by atoms with E-state index in [1.807, 2.05) is 0 Å². The fraction of sp³-hybridized carbons (Fsp3) is 0.400. The van der Waals surface area contributed by atoms with Gasteiger partial charge in [0.15, 0.2) is 0 Å². The van der Waals surface area contributed by atoms with E-state index < -0.39 is 0 Å². The Morgan fingerprint density at radius 2 is 2.67 bits per heavy atom. The largest absolute Gasteiger partial charge is 0.365 e. The van der Waals surface area contributed by atoms with Crippen LogP contribution in [0, 0.1) is 0 Å². The summed E-state index contributed by atoms with van der Waals surface area (Å²) in [6.45, 7) is 0.809. The normalized spacial score (nSPS) is 24.3. The van der Waals surface area contributed by atoms with Crippen molar-refractivity contribution in [2.75, 3.05) is 6.61 Å². The van der Waals surface area contributed by atoms with Crippen LogP contribution in [-0.2, 0) is 4.74 Å². The molecule has 2 rings (SSSR count). The third kappa shape index (κ3) is 1.08. The highest BCUT2D eigenvalue weighted by Gasteiger charge is 2.27. The third-order valence-corrected chi connectivity index (χ3v) is 2.31. The lowest BCUT2D eigenvalue weighted by atomic mass is 10.5. The second-order valence-electron chi connectivity index (χ2n) is 1.82. The van der Waals surface area contributed by atoms with Gasteiger partial charge in [-0.15, -0.1) is 11.3 Å². The lowest BCUT2D eigenvalue weighted by Gasteiger charge is -1.78. The van der Waals surface area contributed by atoms with E-state index in [9.17, 15) is 0 Å². The molecule has 1 atom stereocenters. The van der Waals surface area contributed by atoms with E-state index >= 15 is 0 Å². The van der Waals surface area contributed by atoms with Gasteiger partial charge < -0.3 is 4.74 Å². The molecule has 0 aromatic carbocycles. The lowest BCUT2D eigenvalue weighted by molar-refractivity contribution is 0.415. The molecule has 0 saturated carbocycles. The van der Waals surface area contributed by atoms with Gasteiger partial charge in [-0.2, -0.15) is 0 Å². The Morgan fingerprint density at radius 1 is 1.89 bits per heavy atom. The van der Waals surface area contributed by atoms with Crippen LogP contribution in [0.4, 0.5) is 0 Å². The molecule has 2 nitrogen and oxygen atoms in total. The molecule has 0 spiro atoms. The molecule has 1 aromatic heterocycles. The van der Waals surface area contributed by atoms with Gasteiger partial charge >= 0.3 is 0 Å². The van der Waals surface area contributed by atoms with Crippen LogP contribution in [0.3, 0.4) is 0 Å². The SMILES string of the molecule is Clc1cnc(C2CO2)s1. The first kappa shape index (κ1) is 5.65. The highest BCUT2D eigenvalue weighted by atomic mass is 35.5. The zero-order valence-electron chi connectivity index (χ0n) is 4.50. The topological polar surface area (TPSA) is 25.4 Å². The molecular formula is C5H4ClNOS. The summed E-state index contributed by atoms with van der Waals surface area (Å²) in [5.74, 6) is 0. The number of nitrogens with zero attached hydrogens (tertiary/aromatic N) is 1. The first-order valence-corrected chi connectivity index (χ1v) is 3.78. The standard InChI is InChI=1S/C5H4ClNOS/c6-4-1-7-5(9-4)3-2-8-3/h1,3H,2H2. The van der Waals surface area contributed by atoms with Crippen molar-refractivity contribution in [3.63, 3.8) is 0 Å². The Balaban J connectivity index is 2.28.